The van der Waals surface area contributed by atoms with Gasteiger partial charge in [0, 0.05) is 12.0 Å². The Kier molecular flexibility index (Phi) is 3.18. The first-order valence-corrected chi connectivity index (χ1v) is 8.76. The van der Waals surface area contributed by atoms with Gasteiger partial charge in [-0.1, -0.05) is 13.8 Å². The third-order valence-electron chi connectivity index (χ3n) is 6.20. The van der Waals surface area contributed by atoms with Crippen LogP contribution >= 0.6 is 0 Å². The predicted octanol–water partition coefficient (Wildman–Crippen LogP) is 4.03. The van der Waals surface area contributed by atoms with E-state index in [1.807, 2.05) is 0 Å². The van der Waals surface area contributed by atoms with E-state index in [2.05, 4.69) is 24.1 Å². The minimum Gasteiger partial charge on any atom is -0.448 e. The van der Waals surface area contributed by atoms with E-state index in [-0.39, 0.29) is 0 Å². The molecule has 2 unspecified atom stereocenters. The van der Waals surface area contributed by atoms with Crippen molar-refractivity contribution in [1.82, 2.24) is 10.3 Å². The Morgan fingerprint density at radius 3 is 2.71 bits per heavy atom. The summed E-state index contributed by atoms with van der Waals surface area (Å²) in [6.45, 7) is 6.65. The first-order chi connectivity index (χ1) is 10.1. The van der Waals surface area contributed by atoms with Gasteiger partial charge in [-0.15, -0.1) is 0 Å². The van der Waals surface area contributed by atoms with Crippen LogP contribution in [0, 0.1) is 17.3 Å². The molecule has 3 nitrogen and oxygen atoms in total. The molecule has 5 rings (SSSR count). The Labute approximate surface area is 127 Å². The molecule has 21 heavy (non-hydrogen) atoms. The molecular weight excluding hydrogens is 260 g/mol. The van der Waals surface area contributed by atoms with Crippen molar-refractivity contribution < 1.29 is 4.42 Å². The zero-order valence-corrected chi connectivity index (χ0v) is 13.5. The molecule has 1 heterocycles. The third kappa shape index (κ3) is 2.25. The van der Waals surface area contributed by atoms with Gasteiger partial charge in [-0.3, -0.25) is 0 Å². The van der Waals surface area contributed by atoms with Gasteiger partial charge < -0.3 is 9.73 Å². The summed E-state index contributed by atoms with van der Waals surface area (Å²) in [7, 11) is 0. The lowest BCUT2D eigenvalue weighted by Gasteiger charge is -2.60. The van der Waals surface area contributed by atoms with E-state index in [4.69, 9.17) is 4.42 Å². The Hall–Kier alpha value is -0.830. The summed E-state index contributed by atoms with van der Waals surface area (Å²) in [6, 6.07) is 0. The number of nitrogens with zero attached hydrogens (tertiary/aromatic N) is 1. The minimum absolute atomic E-state index is 0.304. The van der Waals surface area contributed by atoms with Gasteiger partial charge in [0.1, 0.15) is 5.76 Å². The molecule has 1 N–H and O–H groups in total. The molecule has 1 aromatic heterocycles. The molecule has 4 aliphatic carbocycles. The van der Waals surface area contributed by atoms with Crippen molar-refractivity contribution >= 4 is 0 Å². The van der Waals surface area contributed by atoms with Crippen molar-refractivity contribution in [2.45, 2.75) is 70.8 Å². The van der Waals surface area contributed by atoms with Crippen LogP contribution in [-0.4, -0.2) is 11.5 Å². The number of nitrogens with one attached hydrogen (secondary N) is 1. The second-order valence-corrected chi connectivity index (χ2v) is 8.36. The molecule has 2 atom stereocenters. The molecule has 4 bridgehead atoms. The molecule has 0 spiro atoms. The number of oxazole rings is 1. The minimum atomic E-state index is 0.304. The van der Waals surface area contributed by atoms with Crippen molar-refractivity contribution in [3.05, 3.63) is 17.8 Å². The molecule has 0 aliphatic heterocycles. The first kappa shape index (κ1) is 13.8. The highest BCUT2D eigenvalue weighted by Gasteiger charge is 2.58. The van der Waals surface area contributed by atoms with Gasteiger partial charge in [0.2, 0.25) is 0 Å². The molecular formula is C18H28N2O. The lowest BCUT2D eigenvalue weighted by molar-refractivity contribution is -0.0693. The second-order valence-electron chi connectivity index (χ2n) is 8.36. The SMILES string of the molecule is CCCNCc1ncoc1C12CC3CC(CC(C)(C3)C1)C2. The van der Waals surface area contributed by atoms with Gasteiger partial charge in [-0.05, 0) is 68.7 Å². The number of hydrogen-bond acceptors (Lipinski definition) is 3. The van der Waals surface area contributed by atoms with E-state index in [9.17, 15) is 0 Å². The van der Waals surface area contributed by atoms with E-state index in [1.54, 1.807) is 6.39 Å². The Balaban J connectivity index is 1.62. The van der Waals surface area contributed by atoms with Gasteiger partial charge in [-0.2, -0.15) is 0 Å². The molecule has 4 fully saturated rings. The quantitative estimate of drug-likeness (QED) is 0.831. The van der Waals surface area contributed by atoms with Gasteiger partial charge in [0.25, 0.3) is 0 Å². The maximum atomic E-state index is 5.97. The lowest BCUT2D eigenvalue weighted by Crippen LogP contribution is -2.53. The van der Waals surface area contributed by atoms with E-state index >= 15 is 0 Å². The van der Waals surface area contributed by atoms with E-state index < -0.39 is 0 Å². The second kappa shape index (κ2) is 4.84. The fourth-order valence-corrected chi connectivity index (χ4v) is 6.20. The molecule has 0 radical (unpaired) electrons. The summed E-state index contributed by atoms with van der Waals surface area (Å²) in [5.41, 5.74) is 2.04. The highest BCUT2D eigenvalue weighted by molar-refractivity contribution is 5.26. The fourth-order valence-electron chi connectivity index (χ4n) is 6.20. The topological polar surface area (TPSA) is 38.1 Å². The van der Waals surface area contributed by atoms with Crippen molar-refractivity contribution in [3.8, 4) is 0 Å². The summed E-state index contributed by atoms with van der Waals surface area (Å²) >= 11 is 0. The summed E-state index contributed by atoms with van der Waals surface area (Å²) in [4.78, 5) is 4.54. The van der Waals surface area contributed by atoms with Crippen LogP contribution in [0.25, 0.3) is 0 Å². The van der Waals surface area contributed by atoms with Gasteiger partial charge in [0.15, 0.2) is 6.39 Å². The van der Waals surface area contributed by atoms with Crippen LogP contribution < -0.4 is 5.32 Å². The first-order valence-electron chi connectivity index (χ1n) is 8.76. The van der Waals surface area contributed by atoms with E-state index in [0.29, 0.717) is 10.8 Å². The van der Waals surface area contributed by atoms with Crippen LogP contribution in [0.15, 0.2) is 10.8 Å². The van der Waals surface area contributed by atoms with Crippen LogP contribution in [0.4, 0.5) is 0 Å². The standard InChI is InChI=1S/C18H28N2O/c1-3-4-19-10-15-16(21-12-20-15)18-8-13-5-14(9-18)7-17(2,6-13)11-18/h12-14,19H,3-11H2,1-2H3. The largest absolute Gasteiger partial charge is 0.448 e. The molecule has 4 aliphatic rings. The van der Waals surface area contributed by atoms with Crippen LogP contribution in [0.2, 0.25) is 0 Å². The molecule has 3 heteroatoms. The molecule has 0 aromatic carbocycles. The van der Waals surface area contributed by atoms with Crippen LogP contribution in [-0.2, 0) is 12.0 Å². The predicted molar refractivity (Wildman–Crippen MR) is 83.0 cm³/mol. The maximum absolute atomic E-state index is 5.97. The number of aromatic nitrogens is 1. The van der Waals surface area contributed by atoms with Crippen molar-refractivity contribution in [2.75, 3.05) is 6.54 Å². The van der Waals surface area contributed by atoms with Gasteiger partial charge in [-0.25, -0.2) is 4.98 Å². The number of rotatable bonds is 5. The third-order valence-corrected chi connectivity index (χ3v) is 6.20. The Bertz CT molecular complexity index is 507. The van der Waals surface area contributed by atoms with Crippen LogP contribution in [0.3, 0.4) is 0 Å². The normalized spacial score (nSPS) is 40.9. The molecule has 4 saturated carbocycles. The van der Waals surface area contributed by atoms with Crippen molar-refractivity contribution in [2.24, 2.45) is 17.3 Å². The average molecular weight is 288 g/mol. The van der Waals surface area contributed by atoms with Crippen LogP contribution in [0.1, 0.15) is 70.2 Å². The van der Waals surface area contributed by atoms with Crippen LogP contribution in [0.5, 0.6) is 0 Å². The summed E-state index contributed by atoms with van der Waals surface area (Å²) in [5.74, 6) is 3.09. The molecule has 0 saturated heterocycles. The molecule has 1 aromatic rings. The summed E-state index contributed by atoms with van der Waals surface area (Å²) < 4.78 is 5.97. The molecule has 0 amide bonds. The summed E-state index contributed by atoms with van der Waals surface area (Å²) in [6.07, 6.45) is 11.2. The highest BCUT2D eigenvalue weighted by Crippen LogP contribution is 2.65. The Morgan fingerprint density at radius 1 is 1.29 bits per heavy atom. The average Bonchev–Trinajstić information content (AvgIpc) is 2.85. The molecule has 116 valence electrons. The maximum Gasteiger partial charge on any atom is 0.181 e. The zero-order chi connectivity index (χ0) is 14.5. The summed E-state index contributed by atoms with van der Waals surface area (Å²) in [5, 5.41) is 3.50. The van der Waals surface area contributed by atoms with Crippen molar-refractivity contribution in [3.63, 3.8) is 0 Å². The van der Waals surface area contributed by atoms with Crippen molar-refractivity contribution in [1.29, 1.82) is 0 Å². The van der Waals surface area contributed by atoms with E-state index in [0.717, 1.165) is 24.9 Å². The fraction of sp³-hybridized carbons (Fsp3) is 0.833. The zero-order valence-electron chi connectivity index (χ0n) is 13.5. The highest BCUT2D eigenvalue weighted by atomic mass is 16.3. The number of hydrogen-bond donors (Lipinski definition) is 1. The lowest BCUT2D eigenvalue weighted by atomic mass is 9.44. The Morgan fingerprint density at radius 2 is 2.05 bits per heavy atom. The smallest absolute Gasteiger partial charge is 0.181 e. The van der Waals surface area contributed by atoms with E-state index in [1.165, 1.54) is 56.4 Å². The van der Waals surface area contributed by atoms with Gasteiger partial charge in [0.05, 0.1) is 5.69 Å². The monoisotopic (exact) mass is 288 g/mol. The van der Waals surface area contributed by atoms with Gasteiger partial charge >= 0.3 is 0 Å².